The number of para-hydroxylation sites is 1. The van der Waals surface area contributed by atoms with E-state index in [2.05, 4.69) is 15.8 Å². The molecule has 7 heteroatoms. The first-order valence-corrected chi connectivity index (χ1v) is 7.64. The summed E-state index contributed by atoms with van der Waals surface area (Å²) in [7, 11) is 1.52. The van der Waals surface area contributed by atoms with E-state index in [1.807, 2.05) is 19.1 Å². The largest absolute Gasteiger partial charge is 0.497 e. The molecule has 0 bridgehead atoms. The molecule has 0 heterocycles. The number of carbonyl (C=O) groups is 2. The molecule has 25 heavy (non-hydrogen) atoms. The van der Waals surface area contributed by atoms with Crippen LogP contribution in [0.3, 0.4) is 0 Å². The maximum Gasteiger partial charge on any atom is 0.329 e. The summed E-state index contributed by atoms with van der Waals surface area (Å²) in [5, 5.41) is 6.26. The molecule has 0 aliphatic heterocycles. The van der Waals surface area contributed by atoms with Crippen molar-refractivity contribution in [1.29, 1.82) is 0 Å². The smallest absolute Gasteiger partial charge is 0.329 e. The van der Waals surface area contributed by atoms with Crippen LogP contribution in [0.15, 0.2) is 53.6 Å². The number of nitrogens with one attached hydrogen (secondary N) is 2. The van der Waals surface area contributed by atoms with Gasteiger partial charge in [0.1, 0.15) is 11.5 Å². The number of hydrazone groups is 1. The van der Waals surface area contributed by atoms with Crippen LogP contribution in [0, 0.1) is 0 Å². The Kier molecular flexibility index (Phi) is 6.53. The van der Waals surface area contributed by atoms with E-state index in [1.165, 1.54) is 13.3 Å². The summed E-state index contributed by atoms with van der Waals surface area (Å²) in [6.07, 6.45) is 1.42. The van der Waals surface area contributed by atoms with Crippen molar-refractivity contribution >= 4 is 23.7 Å². The fraction of sp³-hybridized carbons (Fsp3) is 0.167. The zero-order valence-electron chi connectivity index (χ0n) is 14.0. The second-order valence-corrected chi connectivity index (χ2v) is 4.86. The van der Waals surface area contributed by atoms with Crippen LogP contribution < -0.4 is 20.2 Å². The van der Waals surface area contributed by atoms with Gasteiger partial charge in [-0.3, -0.25) is 9.59 Å². The van der Waals surface area contributed by atoms with E-state index in [1.54, 1.807) is 36.4 Å². The predicted octanol–water partition coefficient (Wildman–Crippen LogP) is 2.18. The van der Waals surface area contributed by atoms with Gasteiger partial charge in [-0.25, -0.2) is 5.43 Å². The van der Waals surface area contributed by atoms with E-state index in [-0.39, 0.29) is 0 Å². The second kappa shape index (κ2) is 9.07. The minimum Gasteiger partial charge on any atom is -0.497 e. The summed E-state index contributed by atoms with van der Waals surface area (Å²) < 4.78 is 10.5. The van der Waals surface area contributed by atoms with Gasteiger partial charge >= 0.3 is 11.8 Å². The van der Waals surface area contributed by atoms with Crippen molar-refractivity contribution < 1.29 is 19.1 Å². The molecule has 2 aromatic rings. The Labute approximate surface area is 145 Å². The summed E-state index contributed by atoms with van der Waals surface area (Å²) in [5.74, 6) is -0.496. The molecule has 130 valence electrons. The molecule has 0 aromatic heterocycles. The number of benzene rings is 2. The molecule has 0 aliphatic carbocycles. The third-order valence-electron chi connectivity index (χ3n) is 3.12. The predicted molar refractivity (Wildman–Crippen MR) is 95.0 cm³/mol. The molecule has 7 nitrogen and oxygen atoms in total. The first-order valence-electron chi connectivity index (χ1n) is 7.64. The molecule has 0 saturated heterocycles. The first-order chi connectivity index (χ1) is 12.1. The zero-order valence-corrected chi connectivity index (χ0v) is 14.0. The van der Waals surface area contributed by atoms with E-state index in [4.69, 9.17) is 9.47 Å². The monoisotopic (exact) mass is 341 g/mol. The molecule has 0 aliphatic rings. The third-order valence-corrected chi connectivity index (χ3v) is 3.12. The van der Waals surface area contributed by atoms with Gasteiger partial charge in [0.2, 0.25) is 0 Å². The topological polar surface area (TPSA) is 89.0 Å². The first kappa shape index (κ1) is 18.0. The molecule has 2 rings (SSSR count). The number of rotatable bonds is 6. The van der Waals surface area contributed by atoms with Crippen LogP contribution in [0.1, 0.15) is 12.5 Å². The van der Waals surface area contributed by atoms with Crippen LogP contribution in [0.2, 0.25) is 0 Å². The van der Waals surface area contributed by atoms with E-state index >= 15 is 0 Å². The number of hydrogen-bond acceptors (Lipinski definition) is 5. The number of ether oxygens (including phenoxy) is 2. The van der Waals surface area contributed by atoms with Crippen LogP contribution >= 0.6 is 0 Å². The van der Waals surface area contributed by atoms with Crippen molar-refractivity contribution in [3.63, 3.8) is 0 Å². The molecule has 0 spiro atoms. The summed E-state index contributed by atoms with van der Waals surface area (Å²) in [6.45, 7) is 2.39. The molecule has 0 radical (unpaired) electrons. The highest BCUT2D eigenvalue weighted by Crippen LogP contribution is 2.17. The zero-order chi connectivity index (χ0) is 18.1. The Morgan fingerprint density at radius 2 is 1.92 bits per heavy atom. The number of nitrogens with zero attached hydrogens (tertiary/aromatic N) is 1. The van der Waals surface area contributed by atoms with Gasteiger partial charge in [-0.15, -0.1) is 0 Å². The SMILES string of the molecule is CCOc1ccccc1C=NNC(=O)C(=O)Nc1cccc(OC)c1. The van der Waals surface area contributed by atoms with Crippen LogP contribution in [0.25, 0.3) is 0 Å². The van der Waals surface area contributed by atoms with Gasteiger partial charge in [0.25, 0.3) is 0 Å². The number of methoxy groups -OCH3 is 1. The maximum atomic E-state index is 11.9. The van der Waals surface area contributed by atoms with Gasteiger partial charge in [-0.1, -0.05) is 18.2 Å². The maximum absolute atomic E-state index is 11.9. The molecule has 0 fully saturated rings. The van der Waals surface area contributed by atoms with Crippen LogP contribution in [-0.4, -0.2) is 31.7 Å². The number of amides is 2. The van der Waals surface area contributed by atoms with Crippen molar-refractivity contribution in [3.8, 4) is 11.5 Å². The molecule has 0 saturated carbocycles. The fourth-order valence-corrected chi connectivity index (χ4v) is 1.97. The van der Waals surface area contributed by atoms with Gasteiger partial charge in [0.05, 0.1) is 19.9 Å². The van der Waals surface area contributed by atoms with Crippen molar-refractivity contribution in [1.82, 2.24) is 5.43 Å². The van der Waals surface area contributed by atoms with Gasteiger partial charge in [0.15, 0.2) is 0 Å². The quantitative estimate of drug-likeness (QED) is 0.479. The lowest BCUT2D eigenvalue weighted by Crippen LogP contribution is -2.32. The summed E-state index contributed by atoms with van der Waals surface area (Å²) in [5.41, 5.74) is 3.32. The van der Waals surface area contributed by atoms with Crippen molar-refractivity contribution in [2.75, 3.05) is 19.0 Å². The summed E-state index contributed by atoms with van der Waals surface area (Å²) in [6, 6.07) is 13.9. The van der Waals surface area contributed by atoms with E-state index in [0.717, 1.165) is 0 Å². The van der Waals surface area contributed by atoms with E-state index in [9.17, 15) is 9.59 Å². The summed E-state index contributed by atoms with van der Waals surface area (Å²) >= 11 is 0. The number of hydrogen-bond donors (Lipinski definition) is 2. The second-order valence-electron chi connectivity index (χ2n) is 4.86. The highest BCUT2D eigenvalue weighted by atomic mass is 16.5. The van der Waals surface area contributed by atoms with E-state index < -0.39 is 11.8 Å². The Balaban J connectivity index is 1.94. The average molecular weight is 341 g/mol. The molecule has 0 unspecified atom stereocenters. The van der Waals surface area contributed by atoms with Gasteiger partial charge in [-0.2, -0.15) is 5.10 Å². The van der Waals surface area contributed by atoms with Crippen molar-refractivity contribution in [3.05, 3.63) is 54.1 Å². The van der Waals surface area contributed by atoms with Gasteiger partial charge < -0.3 is 14.8 Å². The Morgan fingerprint density at radius 1 is 1.12 bits per heavy atom. The van der Waals surface area contributed by atoms with Crippen LogP contribution in [0.4, 0.5) is 5.69 Å². The molecule has 2 amide bonds. The molecule has 0 atom stereocenters. The lowest BCUT2D eigenvalue weighted by Gasteiger charge is -2.07. The molecule has 2 N–H and O–H groups in total. The average Bonchev–Trinajstić information content (AvgIpc) is 2.63. The molecular formula is C18H19N3O4. The van der Waals surface area contributed by atoms with Gasteiger partial charge in [-0.05, 0) is 31.2 Å². The van der Waals surface area contributed by atoms with Crippen molar-refractivity contribution in [2.45, 2.75) is 6.92 Å². The minimum atomic E-state index is -0.882. The number of carbonyl (C=O) groups excluding carboxylic acids is 2. The Hall–Kier alpha value is -3.35. The standard InChI is InChI=1S/C18H19N3O4/c1-3-25-16-10-5-4-7-13(16)12-19-21-18(23)17(22)20-14-8-6-9-15(11-14)24-2/h4-12H,3H2,1-2H3,(H,20,22)(H,21,23). The van der Waals surface area contributed by atoms with Crippen LogP contribution in [-0.2, 0) is 9.59 Å². The minimum absolute atomic E-state index is 0.449. The molecule has 2 aromatic carbocycles. The Bertz CT molecular complexity index is 774. The van der Waals surface area contributed by atoms with E-state index in [0.29, 0.717) is 29.4 Å². The lowest BCUT2D eigenvalue weighted by molar-refractivity contribution is -0.136. The highest BCUT2D eigenvalue weighted by molar-refractivity contribution is 6.39. The highest BCUT2D eigenvalue weighted by Gasteiger charge is 2.13. The molecular weight excluding hydrogens is 322 g/mol. The fourth-order valence-electron chi connectivity index (χ4n) is 1.97. The van der Waals surface area contributed by atoms with Crippen molar-refractivity contribution in [2.24, 2.45) is 5.10 Å². The Morgan fingerprint density at radius 3 is 2.68 bits per heavy atom. The van der Waals surface area contributed by atoms with Gasteiger partial charge in [0, 0.05) is 17.3 Å². The third kappa shape index (κ3) is 5.35. The summed E-state index contributed by atoms with van der Waals surface area (Å²) in [4.78, 5) is 23.7. The lowest BCUT2D eigenvalue weighted by atomic mass is 10.2. The van der Waals surface area contributed by atoms with Crippen LogP contribution in [0.5, 0.6) is 11.5 Å². The normalized spacial score (nSPS) is 10.3. The number of anilines is 1.